The zero-order chi connectivity index (χ0) is 20.0. The fraction of sp³-hybridized carbons (Fsp3) is 0.550. The van der Waals surface area contributed by atoms with Crippen LogP contribution >= 0.6 is 11.8 Å². The second kappa shape index (κ2) is 9.37. The Kier molecular flexibility index (Phi) is 7.44. The van der Waals surface area contributed by atoms with Crippen LogP contribution in [-0.2, 0) is 11.3 Å². The Morgan fingerprint density at radius 2 is 1.89 bits per heavy atom. The molecule has 0 unspecified atom stereocenters. The molecule has 2 N–H and O–H groups in total. The molecule has 6 nitrogen and oxygen atoms in total. The van der Waals surface area contributed by atoms with Crippen molar-refractivity contribution < 1.29 is 9.69 Å². The first kappa shape index (κ1) is 21.4. The van der Waals surface area contributed by atoms with Crippen molar-refractivity contribution in [3.63, 3.8) is 0 Å². The van der Waals surface area contributed by atoms with Crippen molar-refractivity contribution >= 4 is 28.6 Å². The third-order valence-corrected chi connectivity index (χ3v) is 5.34. The van der Waals surface area contributed by atoms with Crippen molar-refractivity contribution in [1.82, 2.24) is 14.9 Å². The Bertz CT molecular complexity index is 838. The minimum Gasteiger partial charge on any atom is -0.351 e. The van der Waals surface area contributed by atoms with E-state index in [1.807, 2.05) is 45.0 Å². The van der Waals surface area contributed by atoms with Crippen molar-refractivity contribution in [3.8, 4) is 0 Å². The van der Waals surface area contributed by atoms with Crippen LogP contribution in [0.2, 0.25) is 0 Å². The van der Waals surface area contributed by atoms with Gasteiger partial charge in [0.25, 0.3) is 5.56 Å². The quantitative estimate of drug-likeness (QED) is 0.526. The van der Waals surface area contributed by atoms with Gasteiger partial charge in [-0.1, -0.05) is 23.9 Å². The van der Waals surface area contributed by atoms with Crippen LogP contribution in [0.1, 0.15) is 34.6 Å². The number of hydrogen-bond donors (Lipinski definition) is 2. The lowest BCUT2D eigenvalue weighted by atomic mass is 10.1. The number of likely N-dealkylation sites (N-methyl/N-ethyl adjacent to an activating group) is 1. The molecule has 1 aromatic heterocycles. The summed E-state index contributed by atoms with van der Waals surface area (Å²) in [5.74, 6) is 0.177. The number of carbonyl (C=O) groups is 1. The van der Waals surface area contributed by atoms with E-state index in [0.717, 1.165) is 19.6 Å². The molecule has 0 aliphatic rings. The lowest BCUT2D eigenvalue weighted by molar-refractivity contribution is -0.897. The molecule has 7 heteroatoms. The van der Waals surface area contributed by atoms with E-state index < -0.39 is 0 Å². The maximum atomic E-state index is 13.0. The molecule has 1 amide bonds. The summed E-state index contributed by atoms with van der Waals surface area (Å²) in [6, 6.07) is 7.39. The summed E-state index contributed by atoms with van der Waals surface area (Å²) in [5, 5.41) is 4.18. The number of amides is 1. The SMILES string of the molecule is CC[NH+](CC)CCn1c(SCC(=O)NC(C)(C)C)nc2ccccc2c1=O. The zero-order valence-electron chi connectivity index (χ0n) is 17.0. The number of hydrogen-bond acceptors (Lipinski definition) is 4. The molecule has 148 valence electrons. The fourth-order valence-corrected chi connectivity index (χ4v) is 3.74. The third kappa shape index (κ3) is 6.07. The summed E-state index contributed by atoms with van der Waals surface area (Å²) in [7, 11) is 0. The molecule has 0 fully saturated rings. The van der Waals surface area contributed by atoms with Crippen molar-refractivity contribution in [2.45, 2.75) is 51.9 Å². The van der Waals surface area contributed by atoms with E-state index >= 15 is 0 Å². The largest absolute Gasteiger partial charge is 0.351 e. The molecule has 0 saturated carbocycles. The number of benzene rings is 1. The Morgan fingerprint density at radius 3 is 2.52 bits per heavy atom. The lowest BCUT2D eigenvalue weighted by Crippen LogP contribution is -3.11. The van der Waals surface area contributed by atoms with Crippen LogP contribution in [-0.4, -0.2) is 46.4 Å². The average molecular weight is 392 g/mol. The van der Waals surface area contributed by atoms with Crippen molar-refractivity contribution in [1.29, 1.82) is 0 Å². The first-order valence-electron chi connectivity index (χ1n) is 9.52. The summed E-state index contributed by atoms with van der Waals surface area (Å²) in [4.78, 5) is 31.3. The second-order valence-corrected chi connectivity index (χ2v) is 8.60. The molecule has 0 radical (unpaired) electrons. The zero-order valence-corrected chi connectivity index (χ0v) is 17.8. The van der Waals surface area contributed by atoms with Gasteiger partial charge < -0.3 is 10.2 Å². The van der Waals surface area contributed by atoms with Gasteiger partial charge in [0, 0.05) is 5.54 Å². The van der Waals surface area contributed by atoms with E-state index in [0.29, 0.717) is 22.6 Å². The van der Waals surface area contributed by atoms with Crippen molar-refractivity contribution in [3.05, 3.63) is 34.6 Å². The van der Waals surface area contributed by atoms with Crippen molar-refractivity contribution in [2.75, 3.05) is 25.4 Å². The Morgan fingerprint density at radius 1 is 1.22 bits per heavy atom. The molecule has 0 aliphatic carbocycles. The predicted molar refractivity (Wildman–Crippen MR) is 112 cm³/mol. The molecule has 0 aliphatic heterocycles. The van der Waals surface area contributed by atoms with E-state index in [4.69, 9.17) is 0 Å². The topological polar surface area (TPSA) is 68.4 Å². The summed E-state index contributed by atoms with van der Waals surface area (Å²) in [6.07, 6.45) is 0. The number of thioether (sulfide) groups is 1. The first-order valence-corrected chi connectivity index (χ1v) is 10.5. The molecule has 0 atom stereocenters. The fourth-order valence-electron chi connectivity index (χ4n) is 2.91. The number of fused-ring (bicyclic) bond motifs is 1. The van der Waals surface area contributed by atoms with E-state index in [1.165, 1.54) is 16.7 Å². The summed E-state index contributed by atoms with van der Waals surface area (Å²) >= 11 is 1.32. The highest BCUT2D eigenvalue weighted by Crippen LogP contribution is 2.17. The minimum atomic E-state index is -0.278. The van der Waals surface area contributed by atoms with Gasteiger partial charge in [0.05, 0.1) is 42.8 Å². The van der Waals surface area contributed by atoms with E-state index in [2.05, 4.69) is 24.1 Å². The highest BCUT2D eigenvalue weighted by molar-refractivity contribution is 7.99. The number of nitrogens with zero attached hydrogens (tertiary/aromatic N) is 2. The molecule has 0 bridgehead atoms. The Balaban J connectivity index is 2.30. The van der Waals surface area contributed by atoms with Crippen LogP contribution in [0.15, 0.2) is 34.2 Å². The summed E-state index contributed by atoms with van der Waals surface area (Å²) < 4.78 is 1.72. The number of quaternary nitrogens is 1. The van der Waals surface area contributed by atoms with Gasteiger partial charge in [-0.3, -0.25) is 14.2 Å². The number of carbonyl (C=O) groups excluding carboxylic acids is 1. The summed E-state index contributed by atoms with van der Waals surface area (Å²) in [5.41, 5.74) is 0.360. The highest BCUT2D eigenvalue weighted by Gasteiger charge is 2.17. The van der Waals surface area contributed by atoms with Gasteiger partial charge >= 0.3 is 0 Å². The van der Waals surface area contributed by atoms with Gasteiger partial charge in [-0.2, -0.15) is 0 Å². The first-order chi connectivity index (χ1) is 12.7. The predicted octanol–water partition coefficient (Wildman–Crippen LogP) is 1.33. The van der Waals surface area contributed by atoms with Gasteiger partial charge in [-0.25, -0.2) is 4.98 Å². The van der Waals surface area contributed by atoms with Crippen LogP contribution < -0.4 is 15.8 Å². The van der Waals surface area contributed by atoms with Gasteiger partial charge in [0.1, 0.15) is 0 Å². The van der Waals surface area contributed by atoms with E-state index in [9.17, 15) is 9.59 Å². The molecule has 0 saturated heterocycles. The van der Waals surface area contributed by atoms with Crippen LogP contribution in [0, 0.1) is 0 Å². The van der Waals surface area contributed by atoms with Gasteiger partial charge in [0.15, 0.2) is 5.16 Å². The monoisotopic (exact) mass is 391 g/mol. The molecule has 1 aromatic carbocycles. The molecule has 2 aromatic rings. The van der Waals surface area contributed by atoms with Gasteiger partial charge in [-0.05, 0) is 46.8 Å². The lowest BCUT2D eigenvalue weighted by Gasteiger charge is -2.21. The second-order valence-electron chi connectivity index (χ2n) is 7.66. The number of para-hydroxylation sites is 1. The minimum absolute atomic E-state index is 0.0362. The maximum Gasteiger partial charge on any atom is 0.262 e. The molecular weight excluding hydrogens is 360 g/mol. The highest BCUT2D eigenvalue weighted by atomic mass is 32.2. The molecule has 2 rings (SSSR count). The van der Waals surface area contributed by atoms with E-state index in [1.54, 1.807) is 4.57 Å². The van der Waals surface area contributed by atoms with E-state index in [-0.39, 0.29) is 22.8 Å². The van der Waals surface area contributed by atoms with Gasteiger partial charge in [0.2, 0.25) is 5.91 Å². The van der Waals surface area contributed by atoms with Crippen LogP contribution in [0.5, 0.6) is 0 Å². The van der Waals surface area contributed by atoms with Crippen LogP contribution in [0.4, 0.5) is 0 Å². The molecule has 1 heterocycles. The molecule has 0 spiro atoms. The normalized spacial score (nSPS) is 11.9. The van der Waals surface area contributed by atoms with Crippen molar-refractivity contribution in [2.24, 2.45) is 0 Å². The smallest absolute Gasteiger partial charge is 0.262 e. The Labute approximate surface area is 165 Å². The third-order valence-electron chi connectivity index (χ3n) is 4.36. The number of nitrogens with one attached hydrogen (secondary N) is 2. The standard InChI is InChI=1S/C20H30N4O2S/c1-6-23(7-2)12-13-24-18(26)15-10-8-9-11-16(15)21-19(24)27-14-17(25)22-20(3,4)5/h8-11H,6-7,12-14H2,1-5H3,(H,22,25)/p+1. The van der Waals surface area contributed by atoms with Crippen LogP contribution in [0.3, 0.4) is 0 Å². The van der Waals surface area contributed by atoms with Crippen LogP contribution in [0.25, 0.3) is 10.9 Å². The summed E-state index contributed by atoms with van der Waals surface area (Å²) in [6.45, 7) is 13.6. The number of rotatable bonds is 8. The number of aromatic nitrogens is 2. The average Bonchev–Trinajstić information content (AvgIpc) is 2.61. The maximum absolute atomic E-state index is 13.0. The Hall–Kier alpha value is -1.86. The molecule has 27 heavy (non-hydrogen) atoms. The molecular formula is C20H31N4O2S+. The van der Waals surface area contributed by atoms with Gasteiger partial charge in [-0.15, -0.1) is 0 Å².